The Hall–Kier alpha value is -1.81. The van der Waals surface area contributed by atoms with Gasteiger partial charge in [-0.1, -0.05) is 12.1 Å². The Labute approximate surface area is 107 Å². The average Bonchev–Trinajstić information content (AvgIpc) is 2.76. The van der Waals surface area contributed by atoms with Gasteiger partial charge in [-0.15, -0.1) is 0 Å². The maximum Gasteiger partial charge on any atom is 0.115 e. The van der Waals surface area contributed by atoms with Gasteiger partial charge in [0.25, 0.3) is 0 Å². The first-order chi connectivity index (χ1) is 8.65. The van der Waals surface area contributed by atoms with Crippen LogP contribution in [0.2, 0.25) is 0 Å². The van der Waals surface area contributed by atoms with Crippen LogP contribution in [0.1, 0.15) is 24.1 Å². The van der Waals surface area contributed by atoms with Crippen molar-refractivity contribution in [3.8, 4) is 5.75 Å². The molecule has 0 aliphatic carbocycles. The first-order valence-corrected chi connectivity index (χ1v) is 6.15. The monoisotopic (exact) mass is 245 g/mol. The summed E-state index contributed by atoms with van der Waals surface area (Å²) in [6.07, 6.45) is 4.90. The molecule has 0 fully saturated rings. The molecule has 18 heavy (non-hydrogen) atoms. The maximum absolute atomic E-state index is 9.24. The van der Waals surface area contributed by atoms with Crippen LogP contribution in [-0.2, 0) is 13.5 Å². The van der Waals surface area contributed by atoms with E-state index in [4.69, 9.17) is 0 Å². The van der Waals surface area contributed by atoms with Crippen LogP contribution in [0, 0.1) is 0 Å². The summed E-state index contributed by atoms with van der Waals surface area (Å²) < 4.78 is 1.82. The van der Waals surface area contributed by atoms with Gasteiger partial charge in [-0.3, -0.25) is 4.68 Å². The Morgan fingerprint density at radius 1 is 1.33 bits per heavy atom. The molecule has 1 aromatic heterocycles. The van der Waals surface area contributed by atoms with Crippen LogP contribution in [0.5, 0.6) is 5.75 Å². The minimum atomic E-state index is 0.280. The standard InChI is InChI=1S/C14H19N3O/c1-11(13-3-5-14(18)6-4-13)15-8-7-12-9-16-17(2)10-12/h3-6,9-11,15,18H,7-8H2,1-2H3. The number of aromatic hydroxyl groups is 1. The molecule has 0 saturated carbocycles. The summed E-state index contributed by atoms with van der Waals surface area (Å²) in [5.74, 6) is 0.307. The minimum Gasteiger partial charge on any atom is -0.508 e. The van der Waals surface area contributed by atoms with Crippen molar-refractivity contribution >= 4 is 0 Å². The molecule has 0 aliphatic heterocycles. The molecule has 0 amide bonds. The number of hydrogen-bond acceptors (Lipinski definition) is 3. The van der Waals surface area contributed by atoms with E-state index in [0.29, 0.717) is 5.75 Å². The Morgan fingerprint density at radius 3 is 2.67 bits per heavy atom. The molecule has 2 aromatic rings. The molecule has 4 nitrogen and oxygen atoms in total. The van der Waals surface area contributed by atoms with E-state index >= 15 is 0 Å². The number of hydrogen-bond donors (Lipinski definition) is 2. The fourth-order valence-corrected chi connectivity index (χ4v) is 1.91. The largest absolute Gasteiger partial charge is 0.508 e. The second-order valence-electron chi connectivity index (χ2n) is 4.54. The van der Waals surface area contributed by atoms with Gasteiger partial charge >= 0.3 is 0 Å². The lowest BCUT2D eigenvalue weighted by Crippen LogP contribution is -2.21. The van der Waals surface area contributed by atoms with Crippen molar-refractivity contribution in [1.29, 1.82) is 0 Å². The van der Waals surface area contributed by atoms with E-state index in [0.717, 1.165) is 13.0 Å². The Bertz CT molecular complexity index is 490. The predicted molar refractivity (Wildman–Crippen MR) is 71.4 cm³/mol. The Kier molecular flexibility index (Phi) is 3.99. The molecule has 2 N–H and O–H groups in total. The van der Waals surface area contributed by atoms with Gasteiger partial charge in [-0.2, -0.15) is 5.10 Å². The molecule has 0 aliphatic rings. The van der Waals surface area contributed by atoms with Crippen LogP contribution in [0.25, 0.3) is 0 Å². The van der Waals surface area contributed by atoms with E-state index in [9.17, 15) is 5.11 Å². The Balaban J connectivity index is 1.81. The third-order valence-corrected chi connectivity index (χ3v) is 3.02. The summed E-state index contributed by atoms with van der Waals surface area (Å²) in [5.41, 5.74) is 2.42. The minimum absolute atomic E-state index is 0.280. The molecular formula is C14H19N3O. The zero-order chi connectivity index (χ0) is 13.0. The fourth-order valence-electron chi connectivity index (χ4n) is 1.91. The highest BCUT2D eigenvalue weighted by Crippen LogP contribution is 2.16. The van der Waals surface area contributed by atoms with Gasteiger partial charge in [-0.25, -0.2) is 0 Å². The van der Waals surface area contributed by atoms with E-state index in [1.54, 1.807) is 12.1 Å². The number of phenols is 1. The van der Waals surface area contributed by atoms with Crippen LogP contribution in [0.4, 0.5) is 0 Å². The van der Waals surface area contributed by atoms with E-state index in [2.05, 4.69) is 17.3 Å². The number of aromatic nitrogens is 2. The van der Waals surface area contributed by atoms with Gasteiger partial charge in [0.1, 0.15) is 5.75 Å². The second-order valence-corrected chi connectivity index (χ2v) is 4.54. The van der Waals surface area contributed by atoms with Crippen molar-refractivity contribution in [3.05, 3.63) is 47.8 Å². The number of aryl methyl sites for hydroxylation is 1. The lowest BCUT2D eigenvalue weighted by Gasteiger charge is -2.13. The first kappa shape index (κ1) is 12.6. The number of nitrogens with one attached hydrogen (secondary N) is 1. The number of rotatable bonds is 5. The van der Waals surface area contributed by atoms with Crippen molar-refractivity contribution in [2.24, 2.45) is 7.05 Å². The zero-order valence-corrected chi connectivity index (χ0v) is 10.8. The van der Waals surface area contributed by atoms with Crippen molar-refractivity contribution in [1.82, 2.24) is 15.1 Å². The lowest BCUT2D eigenvalue weighted by molar-refractivity contribution is 0.474. The molecule has 4 heteroatoms. The highest BCUT2D eigenvalue weighted by molar-refractivity contribution is 5.27. The molecule has 0 spiro atoms. The third-order valence-electron chi connectivity index (χ3n) is 3.02. The average molecular weight is 245 g/mol. The molecule has 96 valence electrons. The molecular weight excluding hydrogens is 226 g/mol. The summed E-state index contributed by atoms with van der Waals surface area (Å²) >= 11 is 0. The van der Waals surface area contributed by atoms with Crippen LogP contribution in [0.3, 0.4) is 0 Å². The Morgan fingerprint density at radius 2 is 2.06 bits per heavy atom. The predicted octanol–water partition coefficient (Wildman–Crippen LogP) is 2.02. The van der Waals surface area contributed by atoms with E-state index in [1.807, 2.05) is 36.3 Å². The molecule has 1 aromatic carbocycles. The molecule has 1 heterocycles. The summed E-state index contributed by atoms with van der Waals surface area (Å²) in [6.45, 7) is 3.03. The van der Waals surface area contributed by atoms with Gasteiger partial charge in [0, 0.05) is 19.3 Å². The van der Waals surface area contributed by atoms with Gasteiger partial charge < -0.3 is 10.4 Å². The number of benzene rings is 1. The molecule has 0 saturated heterocycles. The quantitative estimate of drug-likeness (QED) is 0.847. The van der Waals surface area contributed by atoms with E-state index < -0.39 is 0 Å². The topological polar surface area (TPSA) is 50.1 Å². The first-order valence-electron chi connectivity index (χ1n) is 6.15. The molecule has 1 atom stereocenters. The maximum atomic E-state index is 9.24. The highest BCUT2D eigenvalue weighted by atomic mass is 16.3. The van der Waals surface area contributed by atoms with Gasteiger partial charge in [-0.05, 0) is 43.1 Å². The van der Waals surface area contributed by atoms with Crippen molar-refractivity contribution < 1.29 is 5.11 Å². The number of nitrogens with zero attached hydrogens (tertiary/aromatic N) is 2. The van der Waals surface area contributed by atoms with Gasteiger partial charge in [0.2, 0.25) is 0 Å². The van der Waals surface area contributed by atoms with E-state index in [-0.39, 0.29) is 6.04 Å². The van der Waals surface area contributed by atoms with Crippen LogP contribution < -0.4 is 5.32 Å². The SMILES string of the molecule is CC(NCCc1cnn(C)c1)c1ccc(O)cc1. The molecule has 1 unspecified atom stereocenters. The normalized spacial score (nSPS) is 12.6. The van der Waals surface area contributed by atoms with E-state index in [1.165, 1.54) is 11.1 Å². The molecule has 2 rings (SSSR count). The van der Waals surface area contributed by atoms with Crippen LogP contribution in [0.15, 0.2) is 36.7 Å². The molecule has 0 bridgehead atoms. The fraction of sp³-hybridized carbons (Fsp3) is 0.357. The van der Waals surface area contributed by atoms with Gasteiger partial charge in [0.05, 0.1) is 6.20 Å². The van der Waals surface area contributed by atoms with Crippen LogP contribution >= 0.6 is 0 Å². The van der Waals surface area contributed by atoms with Gasteiger partial charge in [0.15, 0.2) is 0 Å². The number of phenolic OH excluding ortho intramolecular Hbond substituents is 1. The van der Waals surface area contributed by atoms with Crippen molar-refractivity contribution in [2.75, 3.05) is 6.54 Å². The summed E-state index contributed by atoms with van der Waals surface area (Å²) in [4.78, 5) is 0. The molecule has 0 radical (unpaired) electrons. The zero-order valence-electron chi connectivity index (χ0n) is 10.8. The highest BCUT2D eigenvalue weighted by Gasteiger charge is 2.04. The summed E-state index contributed by atoms with van der Waals surface area (Å²) in [7, 11) is 1.93. The van der Waals surface area contributed by atoms with Crippen LogP contribution in [-0.4, -0.2) is 21.4 Å². The lowest BCUT2D eigenvalue weighted by atomic mass is 10.1. The third kappa shape index (κ3) is 3.34. The second kappa shape index (κ2) is 5.69. The van der Waals surface area contributed by atoms with Crippen molar-refractivity contribution in [2.45, 2.75) is 19.4 Å². The summed E-state index contributed by atoms with van der Waals surface area (Å²) in [6, 6.07) is 7.60. The van der Waals surface area contributed by atoms with Crippen molar-refractivity contribution in [3.63, 3.8) is 0 Å². The smallest absolute Gasteiger partial charge is 0.115 e. The summed E-state index contributed by atoms with van der Waals surface area (Å²) in [5, 5.41) is 16.8.